The van der Waals surface area contributed by atoms with Crippen molar-refractivity contribution in [1.82, 2.24) is 0 Å². The lowest BCUT2D eigenvalue weighted by molar-refractivity contribution is 0.107. The molecule has 3 rings (SSSR count). The van der Waals surface area contributed by atoms with Crippen LogP contribution < -0.4 is 0 Å². The molecule has 2 nitrogen and oxygen atoms in total. The molecular weight excluding hydrogens is 295 g/mol. The van der Waals surface area contributed by atoms with Crippen molar-refractivity contribution in [3.8, 4) is 0 Å². The lowest BCUT2D eigenvalue weighted by atomic mass is 9.97. The van der Waals surface area contributed by atoms with Gasteiger partial charge in [-0.25, -0.2) is 0 Å². The zero-order valence-corrected chi connectivity index (χ0v) is 11.7. The van der Waals surface area contributed by atoms with Gasteiger partial charge in [0.15, 0.2) is 0 Å². The Hall–Kier alpha value is -1.90. The largest absolute Gasteiger partial charge is 0.276 e. The highest BCUT2D eigenvalue weighted by atomic mass is 35.5. The maximum atomic E-state index is 11.5. The summed E-state index contributed by atoms with van der Waals surface area (Å²) in [6.45, 7) is 0. The highest BCUT2D eigenvalue weighted by molar-refractivity contribution is 6.69. The predicted molar refractivity (Wildman–Crippen MR) is 81.8 cm³/mol. The summed E-state index contributed by atoms with van der Waals surface area (Å²) in [6.07, 6.45) is 0. The molecule has 0 fully saturated rings. The summed E-state index contributed by atoms with van der Waals surface area (Å²) < 4.78 is 0. The lowest BCUT2D eigenvalue weighted by Crippen LogP contribution is -1.94. The molecule has 0 aliphatic rings. The third-order valence-electron chi connectivity index (χ3n) is 3.30. The van der Waals surface area contributed by atoms with Crippen LogP contribution in [-0.4, -0.2) is 10.5 Å². The lowest BCUT2D eigenvalue weighted by Gasteiger charge is -2.07. The highest BCUT2D eigenvalue weighted by Gasteiger charge is 2.12. The third-order valence-corrected chi connectivity index (χ3v) is 3.71. The average molecular weight is 303 g/mol. The van der Waals surface area contributed by atoms with Crippen LogP contribution in [0.3, 0.4) is 0 Å². The summed E-state index contributed by atoms with van der Waals surface area (Å²) >= 11 is 11.2. The number of rotatable bonds is 2. The second kappa shape index (κ2) is 4.89. The second-order valence-corrected chi connectivity index (χ2v) is 5.14. The quantitative estimate of drug-likeness (QED) is 0.505. The van der Waals surface area contributed by atoms with Crippen LogP contribution in [0.5, 0.6) is 0 Å². The van der Waals surface area contributed by atoms with Gasteiger partial charge in [0, 0.05) is 11.1 Å². The van der Waals surface area contributed by atoms with Gasteiger partial charge in [-0.05, 0) is 69.0 Å². The molecule has 0 bridgehead atoms. The van der Waals surface area contributed by atoms with Crippen LogP contribution in [-0.2, 0) is 0 Å². The standard InChI is InChI=1S/C16H8Cl2O2/c17-15(19)11-5-1-3-9-7-10-4-2-6-12(16(18)20)14(10)8-13(9)11/h1-8H. The van der Waals surface area contributed by atoms with Crippen molar-refractivity contribution in [2.45, 2.75) is 0 Å². The Bertz CT molecular complexity index is 800. The van der Waals surface area contributed by atoms with Gasteiger partial charge in [-0.2, -0.15) is 0 Å². The van der Waals surface area contributed by atoms with Gasteiger partial charge in [0.1, 0.15) is 0 Å². The van der Waals surface area contributed by atoms with Crippen LogP contribution in [0.25, 0.3) is 21.5 Å². The van der Waals surface area contributed by atoms with Crippen LogP contribution in [0, 0.1) is 0 Å². The Morgan fingerprint density at radius 1 is 0.700 bits per heavy atom. The first-order chi connectivity index (χ1) is 9.58. The van der Waals surface area contributed by atoms with Crippen molar-refractivity contribution in [3.05, 3.63) is 59.7 Å². The van der Waals surface area contributed by atoms with Gasteiger partial charge in [-0.15, -0.1) is 0 Å². The minimum absolute atomic E-state index is 0.419. The number of hydrogen-bond donors (Lipinski definition) is 0. The van der Waals surface area contributed by atoms with Crippen molar-refractivity contribution in [2.75, 3.05) is 0 Å². The van der Waals surface area contributed by atoms with Crippen molar-refractivity contribution in [2.24, 2.45) is 0 Å². The number of benzene rings is 3. The number of hydrogen-bond acceptors (Lipinski definition) is 2. The maximum Gasteiger partial charge on any atom is 0.253 e. The smallest absolute Gasteiger partial charge is 0.253 e. The predicted octanol–water partition coefficient (Wildman–Crippen LogP) is 4.75. The first kappa shape index (κ1) is 13.1. The Labute approximate surface area is 124 Å². The molecule has 98 valence electrons. The van der Waals surface area contributed by atoms with E-state index in [1.54, 1.807) is 30.3 Å². The Kier molecular flexibility index (Phi) is 3.20. The molecule has 0 aliphatic carbocycles. The van der Waals surface area contributed by atoms with Crippen LogP contribution in [0.2, 0.25) is 0 Å². The fourth-order valence-corrected chi connectivity index (χ4v) is 2.72. The van der Waals surface area contributed by atoms with E-state index in [1.807, 2.05) is 18.2 Å². The van der Waals surface area contributed by atoms with Crippen molar-refractivity contribution in [3.63, 3.8) is 0 Å². The normalized spacial score (nSPS) is 10.9. The van der Waals surface area contributed by atoms with E-state index in [2.05, 4.69) is 0 Å². The van der Waals surface area contributed by atoms with E-state index < -0.39 is 10.5 Å². The maximum absolute atomic E-state index is 11.5. The van der Waals surface area contributed by atoms with Crippen LogP contribution in [0.4, 0.5) is 0 Å². The molecule has 0 aliphatic heterocycles. The number of carbonyl (C=O) groups excluding carboxylic acids is 2. The molecule has 0 saturated carbocycles. The molecule has 0 saturated heterocycles. The molecule has 20 heavy (non-hydrogen) atoms. The Morgan fingerprint density at radius 3 is 1.55 bits per heavy atom. The van der Waals surface area contributed by atoms with Crippen LogP contribution >= 0.6 is 23.2 Å². The summed E-state index contributed by atoms with van der Waals surface area (Å²) in [5.74, 6) is 0. The molecule has 0 amide bonds. The third kappa shape index (κ3) is 2.07. The summed E-state index contributed by atoms with van der Waals surface area (Å²) in [6, 6.07) is 14.4. The average Bonchev–Trinajstić information content (AvgIpc) is 2.43. The molecule has 0 aromatic heterocycles. The topological polar surface area (TPSA) is 34.1 Å². The van der Waals surface area contributed by atoms with Crippen LogP contribution in [0.15, 0.2) is 48.5 Å². The van der Waals surface area contributed by atoms with E-state index >= 15 is 0 Å². The van der Waals surface area contributed by atoms with Gasteiger partial charge in [0.05, 0.1) is 0 Å². The SMILES string of the molecule is O=C(Cl)c1cccc2cc3cccc(C(=O)Cl)c3cc12. The second-order valence-electron chi connectivity index (χ2n) is 4.45. The summed E-state index contributed by atoms with van der Waals surface area (Å²) in [7, 11) is 0. The molecule has 3 aromatic rings. The van der Waals surface area contributed by atoms with Gasteiger partial charge >= 0.3 is 0 Å². The summed E-state index contributed by atoms with van der Waals surface area (Å²) in [5.41, 5.74) is 0.839. The molecular formula is C16H8Cl2O2. The minimum atomic E-state index is -0.523. The molecule has 4 heteroatoms. The van der Waals surface area contributed by atoms with Crippen molar-refractivity contribution >= 4 is 55.2 Å². The summed E-state index contributed by atoms with van der Waals surface area (Å²) in [5, 5.41) is 2.16. The minimum Gasteiger partial charge on any atom is -0.276 e. The zero-order valence-electron chi connectivity index (χ0n) is 10.2. The molecule has 0 N–H and O–H groups in total. The highest BCUT2D eigenvalue weighted by Crippen LogP contribution is 2.29. The Balaban J connectivity index is 2.48. The summed E-state index contributed by atoms with van der Waals surface area (Å²) in [4.78, 5) is 23.0. The molecule has 0 radical (unpaired) electrons. The number of fused-ring (bicyclic) bond motifs is 2. The monoisotopic (exact) mass is 302 g/mol. The molecule has 3 aromatic carbocycles. The number of carbonyl (C=O) groups is 2. The van der Waals surface area contributed by atoms with E-state index in [1.165, 1.54) is 0 Å². The van der Waals surface area contributed by atoms with Gasteiger partial charge in [-0.1, -0.05) is 24.3 Å². The van der Waals surface area contributed by atoms with E-state index in [-0.39, 0.29) is 0 Å². The first-order valence-electron chi connectivity index (χ1n) is 5.93. The fraction of sp³-hybridized carbons (Fsp3) is 0. The van der Waals surface area contributed by atoms with Gasteiger partial charge in [-0.3, -0.25) is 9.59 Å². The van der Waals surface area contributed by atoms with Gasteiger partial charge in [0.25, 0.3) is 10.5 Å². The van der Waals surface area contributed by atoms with E-state index in [4.69, 9.17) is 23.2 Å². The fourth-order valence-electron chi connectivity index (χ4n) is 2.39. The molecule has 0 spiro atoms. The van der Waals surface area contributed by atoms with Crippen LogP contribution in [0.1, 0.15) is 20.7 Å². The van der Waals surface area contributed by atoms with Gasteiger partial charge in [0.2, 0.25) is 0 Å². The number of halogens is 2. The van der Waals surface area contributed by atoms with Crippen molar-refractivity contribution < 1.29 is 9.59 Å². The van der Waals surface area contributed by atoms with E-state index in [0.717, 1.165) is 10.8 Å². The zero-order chi connectivity index (χ0) is 14.3. The van der Waals surface area contributed by atoms with Crippen molar-refractivity contribution in [1.29, 1.82) is 0 Å². The first-order valence-corrected chi connectivity index (χ1v) is 6.68. The Morgan fingerprint density at radius 2 is 1.15 bits per heavy atom. The molecule has 0 unspecified atom stereocenters. The van der Waals surface area contributed by atoms with E-state index in [9.17, 15) is 9.59 Å². The molecule has 0 atom stereocenters. The molecule has 0 heterocycles. The van der Waals surface area contributed by atoms with Gasteiger partial charge < -0.3 is 0 Å². The van der Waals surface area contributed by atoms with E-state index in [0.29, 0.717) is 21.9 Å².